The second-order valence-corrected chi connectivity index (χ2v) is 3.34. The third-order valence-electron chi connectivity index (χ3n) is 2.51. The molecule has 0 spiro atoms. The molecule has 0 bridgehead atoms. The molecule has 0 radical (unpaired) electrons. The van der Waals surface area contributed by atoms with Crippen LogP contribution in [-0.2, 0) is 0 Å². The van der Waals surface area contributed by atoms with E-state index in [0.717, 1.165) is 31.5 Å². The van der Waals surface area contributed by atoms with Crippen LogP contribution >= 0.6 is 0 Å². The van der Waals surface area contributed by atoms with E-state index in [0.29, 0.717) is 0 Å². The first-order valence-corrected chi connectivity index (χ1v) is 4.82. The smallest absolute Gasteiger partial charge is 0.191 e. The van der Waals surface area contributed by atoms with Gasteiger partial charge in [0.25, 0.3) is 0 Å². The van der Waals surface area contributed by atoms with E-state index in [9.17, 15) is 0 Å². The monoisotopic (exact) mass is 169 g/mol. The van der Waals surface area contributed by atoms with E-state index >= 15 is 0 Å². The predicted octanol–water partition coefficient (Wildman–Crippen LogP) is 1.05. The van der Waals surface area contributed by atoms with Crippen LogP contribution in [0.3, 0.4) is 0 Å². The lowest BCUT2D eigenvalue weighted by Crippen LogP contribution is -2.35. The Morgan fingerprint density at radius 3 is 2.83 bits per heavy atom. The van der Waals surface area contributed by atoms with Crippen molar-refractivity contribution in [1.29, 1.82) is 0 Å². The largest absolute Gasteiger partial charge is 0.370 e. The van der Waals surface area contributed by atoms with E-state index in [1.807, 2.05) is 6.92 Å². The number of hydrogen-bond acceptors (Lipinski definition) is 1. The van der Waals surface area contributed by atoms with Crippen molar-refractivity contribution in [3.05, 3.63) is 0 Å². The fraction of sp³-hybridized carbons (Fsp3) is 0.889. The molecule has 0 saturated carbocycles. The van der Waals surface area contributed by atoms with Gasteiger partial charge in [-0.25, -0.2) is 0 Å². The maximum absolute atomic E-state index is 5.78. The van der Waals surface area contributed by atoms with Crippen molar-refractivity contribution >= 4 is 5.96 Å². The minimum atomic E-state index is 0.730. The molecule has 1 aliphatic heterocycles. The zero-order valence-electron chi connectivity index (χ0n) is 8.08. The maximum Gasteiger partial charge on any atom is 0.191 e. The zero-order chi connectivity index (χ0) is 8.97. The lowest BCUT2D eigenvalue weighted by atomic mass is 10.1. The fourth-order valence-corrected chi connectivity index (χ4v) is 1.64. The average Bonchev–Trinajstić information content (AvgIpc) is 2.52. The second-order valence-electron chi connectivity index (χ2n) is 3.34. The molecule has 0 aromatic rings. The molecule has 1 saturated heterocycles. The number of aliphatic imine (C=N–C) groups is 1. The molecule has 1 atom stereocenters. The summed E-state index contributed by atoms with van der Waals surface area (Å²) in [5.41, 5.74) is 5.78. The van der Waals surface area contributed by atoms with Crippen LogP contribution in [0.4, 0.5) is 0 Å². The van der Waals surface area contributed by atoms with Crippen molar-refractivity contribution in [1.82, 2.24) is 4.90 Å². The molecular weight excluding hydrogens is 150 g/mol. The lowest BCUT2D eigenvalue weighted by molar-refractivity contribution is 0.467. The van der Waals surface area contributed by atoms with Gasteiger partial charge in [0.15, 0.2) is 5.96 Å². The molecule has 1 fully saturated rings. The molecule has 70 valence electrons. The summed E-state index contributed by atoms with van der Waals surface area (Å²) in [6.45, 7) is 7.24. The minimum absolute atomic E-state index is 0.730. The van der Waals surface area contributed by atoms with Gasteiger partial charge in [-0.1, -0.05) is 13.3 Å². The van der Waals surface area contributed by atoms with Gasteiger partial charge in [-0.05, 0) is 19.3 Å². The van der Waals surface area contributed by atoms with Crippen molar-refractivity contribution < 1.29 is 0 Å². The molecule has 1 heterocycles. The van der Waals surface area contributed by atoms with Crippen LogP contribution in [0.5, 0.6) is 0 Å². The van der Waals surface area contributed by atoms with Gasteiger partial charge < -0.3 is 10.6 Å². The Morgan fingerprint density at radius 1 is 1.58 bits per heavy atom. The highest BCUT2D eigenvalue weighted by Gasteiger charge is 2.21. The standard InChI is InChI=1S/C9H19N3/c1-3-8-5-6-12(7-8)9(10)11-4-2/h8H,3-7H2,1-2H3,(H2,10,11). The molecule has 1 rings (SSSR count). The fourth-order valence-electron chi connectivity index (χ4n) is 1.64. The summed E-state index contributed by atoms with van der Waals surface area (Å²) in [6.07, 6.45) is 2.53. The summed E-state index contributed by atoms with van der Waals surface area (Å²) in [5.74, 6) is 1.56. The molecule has 2 N–H and O–H groups in total. The number of nitrogens with two attached hydrogens (primary N) is 1. The van der Waals surface area contributed by atoms with Crippen LogP contribution in [0.1, 0.15) is 26.7 Å². The Kier molecular flexibility index (Phi) is 3.38. The lowest BCUT2D eigenvalue weighted by Gasteiger charge is -2.16. The summed E-state index contributed by atoms with van der Waals surface area (Å²) in [6, 6.07) is 0. The van der Waals surface area contributed by atoms with E-state index in [1.54, 1.807) is 0 Å². The summed E-state index contributed by atoms with van der Waals surface area (Å²) in [4.78, 5) is 6.39. The molecule has 1 unspecified atom stereocenters. The van der Waals surface area contributed by atoms with E-state index in [2.05, 4.69) is 16.8 Å². The van der Waals surface area contributed by atoms with Crippen LogP contribution in [-0.4, -0.2) is 30.5 Å². The summed E-state index contributed by atoms with van der Waals surface area (Å²) >= 11 is 0. The Bertz CT molecular complexity index is 165. The third kappa shape index (κ3) is 2.13. The van der Waals surface area contributed by atoms with Crippen LogP contribution < -0.4 is 5.73 Å². The highest BCUT2D eigenvalue weighted by Crippen LogP contribution is 2.18. The van der Waals surface area contributed by atoms with Crippen LogP contribution in [0.25, 0.3) is 0 Å². The van der Waals surface area contributed by atoms with Crippen molar-refractivity contribution in [2.24, 2.45) is 16.6 Å². The highest BCUT2D eigenvalue weighted by atomic mass is 15.3. The molecule has 0 amide bonds. The average molecular weight is 169 g/mol. The summed E-state index contributed by atoms with van der Waals surface area (Å²) in [5, 5.41) is 0. The number of guanidine groups is 1. The topological polar surface area (TPSA) is 41.6 Å². The van der Waals surface area contributed by atoms with Gasteiger partial charge in [-0.15, -0.1) is 0 Å². The van der Waals surface area contributed by atoms with Crippen molar-refractivity contribution in [3.8, 4) is 0 Å². The van der Waals surface area contributed by atoms with Gasteiger partial charge in [0.1, 0.15) is 0 Å². The van der Waals surface area contributed by atoms with E-state index in [-0.39, 0.29) is 0 Å². The molecule has 3 nitrogen and oxygen atoms in total. The Labute approximate surface area is 74.6 Å². The first-order chi connectivity index (χ1) is 5.77. The van der Waals surface area contributed by atoms with E-state index < -0.39 is 0 Å². The van der Waals surface area contributed by atoms with Crippen molar-refractivity contribution in [2.45, 2.75) is 26.7 Å². The minimum Gasteiger partial charge on any atom is -0.370 e. The Balaban J connectivity index is 2.41. The number of rotatable bonds is 2. The number of likely N-dealkylation sites (tertiary alicyclic amines) is 1. The van der Waals surface area contributed by atoms with Gasteiger partial charge in [-0.3, -0.25) is 4.99 Å². The normalized spacial score (nSPS) is 25.0. The SMILES string of the molecule is CCN=C(N)N1CCC(CC)C1. The zero-order valence-corrected chi connectivity index (χ0v) is 8.08. The quantitative estimate of drug-likeness (QED) is 0.496. The van der Waals surface area contributed by atoms with Gasteiger partial charge >= 0.3 is 0 Å². The molecule has 12 heavy (non-hydrogen) atoms. The second kappa shape index (κ2) is 4.33. The van der Waals surface area contributed by atoms with Crippen molar-refractivity contribution in [2.75, 3.05) is 19.6 Å². The predicted molar refractivity (Wildman–Crippen MR) is 52.1 cm³/mol. The third-order valence-corrected chi connectivity index (χ3v) is 2.51. The highest BCUT2D eigenvalue weighted by molar-refractivity contribution is 5.78. The Hall–Kier alpha value is -0.730. The molecule has 0 aromatic carbocycles. The van der Waals surface area contributed by atoms with Crippen LogP contribution in [0.2, 0.25) is 0 Å². The van der Waals surface area contributed by atoms with Crippen LogP contribution in [0.15, 0.2) is 4.99 Å². The first-order valence-electron chi connectivity index (χ1n) is 4.82. The summed E-state index contributed by atoms with van der Waals surface area (Å²) < 4.78 is 0. The number of nitrogens with zero attached hydrogens (tertiary/aromatic N) is 2. The van der Waals surface area contributed by atoms with Crippen LogP contribution in [0, 0.1) is 5.92 Å². The molecular formula is C9H19N3. The van der Waals surface area contributed by atoms with Gasteiger partial charge in [0.2, 0.25) is 0 Å². The van der Waals surface area contributed by atoms with E-state index in [4.69, 9.17) is 5.73 Å². The Morgan fingerprint density at radius 2 is 2.33 bits per heavy atom. The van der Waals surface area contributed by atoms with Gasteiger partial charge in [0.05, 0.1) is 0 Å². The molecule has 0 aliphatic carbocycles. The van der Waals surface area contributed by atoms with Gasteiger partial charge in [-0.2, -0.15) is 0 Å². The number of hydrogen-bond donors (Lipinski definition) is 1. The van der Waals surface area contributed by atoms with Gasteiger partial charge in [0, 0.05) is 19.6 Å². The molecule has 0 aromatic heterocycles. The first kappa shape index (κ1) is 9.36. The molecule has 1 aliphatic rings. The van der Waals surface area contributed by atoms with Crippen molar-refractivity contribution in [3.63, 3.8) is 0 Å². The van der Waals surface area contributed by atoms with E-state index in [1.165, 1.54) is 12.8 Å². The summed E-state index contributed by atoms with van der Waals surface area (Å²) in [7, 11) is 0. The maximum atomic E-state index is 5.78. The molecule has 3 heteroatoms.